The van der Waals surface area contributed by atoms with Gasteiger partial charge in [0.05, 0.1) is 36.2 Å². The van der Waals surface area contributed by atoms with Gasteiger partial charge in [-0.15, -0.1) is 54.1 Å². The van der Waals surface area contributed by atoms with Crippen LogP contribution in [-0.4, -0.2) is 22.6 Å². The maximum Gasteiger partial charge on any atom is 0.120 e. The van der Waals surface area contributed by atoms with E-state index in [1.807, 2.05) is 60.8 Å². The molecule has 57 heavy (non-hydrogen) atoms. The van der Waals surface area contributed by atoms with Crippen LogP contribution >= 0.6 is 0 Å². The molecule has 10 aromatic rings. The van der Waals surface area contributed by atoms with Crippen LogP contribution in [0.4, 0.5) is 0 Å². The number of benzene rings is 7. The maximum absolute atomic E-state index is 6.47. The van der Waals surface area contributed by atoms with Gasteiger partial charge in [0.15, 0.2) is 0 Å². The van der Waals surface area contributed by atoms with E-state index < -0.39 is 8.07 Å². The third kappa shape index (κ3) is 7.43. The van der Waals surface area contributed by atoms with Gasteiger partial charge in [0, 0.05) is 42.8 Å². The molecule has 279 valence electrons. The quantitative estimate of drug-likeness (QED) is 0.123. The SMILES string of the molecule is C[Si](C)(C)c1ccc(-c2[c-]cccc2)nc1.[Ir].[c-]1ccc2c(oc3ccccc32)c1-c1nc2ccccc2n1-c1c(-c2ccccc2)cccc1-c1ccccc1. The number of hydrogen-bond acceptors (Lipinski definition) is 3. The van der Waals surface area contributed by atoms with Gasteiger partial charge < -0.3 is 14.0 Å². The van der Waals surface area contributed by atoms with Crippen LogP contribution in [0.5, 0.6) is 0 Å². The van der Waals surface area contributed by atoms with Gasteiger partial charge in [-0.3, -0.25) is 4.98 Å². The summed E-state index contributed by atoms with van der Waals surface area (Å²) in [6.45, 7) is 7.00. The summed E-state index contributed by atoms with van der Waals surface area (Å²) in [6, 6.07) is 67.1. The van der Waals surface area contributed by atoms with Gasteiger partial charge in [-0.05, 0) is 40.2 Å². The van der Waals surface area contributed by atoms with E-state index in [2.05, 4.69) is 163 Å². The van der Waals surface area contributed by atoms with E-state index >= 15 is 0 Å². The first-order valence-electron chi connectivity index (χ1n) is 18.9. The van der Waals surface area contributed by atoms with Crippen molar-refractivity contribution in [2.75, 3.05) is 0 Å². The Morgan fingerprint density at radius 2 is 1.25 bits per heavy atom. The molecule has 3 heterocycles. The van der Waals surface area contributed by atoms with Crippen LogP contribution in [0.15, 0.2) is 187 Å². The van der Waals surface area contributed by atoms with Gasteiger partial charge in [0.1, 0.15) is 5.58 Å². The number of fused-ring (bicyclic) bond motifs is 4. The van der Waals surface area contributed by atoms with Gasteiger partial charge in [-0.1, -0.05) is 152 Å². The Kier molecular flexibility index (Phi) is 10.7. The molecule has 6 heteroatoms. The van der Waals surface area contributed by atoms with Gasteiger partial charge in [-0.2, -0.15) is 0 Å². The fourth-order valence-electron chi connectivity index (χ4n) is 7.31. The first kappa shape index (κ1) is 37.7. The molecule has 0 unspecified atom stereocenters. The van der Waals surface area contributed by atoms with Crippen molar-refractivity contribution in [3.63, 3.8) is 0 Å². The molecule has 0 saturated heterocycles. The number of furan rings is 1. The molecule has 7 aromatic carbocycles. The smallest absolute Gasteiger partial charge is 0.120 e. The third-order valence-corrected chi connectivity index (χ3v) is 12.2. The van der Waals surface area contributed by atoms with E-state index in [4.69, 9.17) is 9.40 Å². The van der Waals surface area contributed by atoms with Crippen molar-refractivity contribution in [1.82, 2.24) is 14.5 Å². The van der Waals surface area contributed by atoms with Crippen molar-refractivity contribution in [3.05, 3.63) is 194 Å². The number of hydrogen-bond donors (Lipinski definition) is 0. The molecule has 0 atom stereocenters. The van der Waals surface area contributed by atoms with Gasteiger partial charge in [-0.25, -0.2) is 0 Å². The average molecular weight is 930 g/mol. The van der Waals surface area contributed by atoms with Crippen LogP contribution in [0.1, 0.15) is 0 Å². The maximum atomic E-state index is 6.47. The van der Waals surface area contributed by atoms with Crippen LogP contribution in [0.2, 0.25) is 19.6 Å². The monoisotopic (exact) mass is 930 g/mol. The summed E-state index contributed by atoms with van der Waals surface area (Å²) in [7, 11) is -1.23. The molecule has 1 radical (unpaired) electrons. The van der Waals surface area contributed by atoms with Crippen molar-refractivity contribution in [2.24, 2.45) is 0 Å². The molecule has 0 aliphatic rings. The second kappa shape index (κ2) is 16.1. The first-order chi connectivity index (χ1) is 27.4. The van der Waals surface area contributed by atoms with Crippen molar-refractivity contribution in [2.45, 2.75) is 19.6 Å². The Hall–Kier alpha value is -6.17. The van der Waals surface area contributed by atoms with E-state index in [0.29, 0.717) is 0 Å². The standard InChI is InChI=1S/C37H23N2O.C14H16NSi.Ir/c1-3-13-25(14-4-1)27-18-11-19-28(26-15-5-2-6-16-26)35(27)39-33-23-9-8-22-32(33)38-37(39)31-21-12-20-30-29-17-7-10-24-34(29)40-36(30)31;1-16(2,3)13-9-10-14(15-11-13)12-7-5-4-6-8-12;/h1-20,22-24H;4-7,9-11H,1-3H3;/q2*-1;. The molecule has 10 rings (SSSR count). The van der Waals surface area contributed by atoms with Gasteiger partial charge >= 0.3 is 0 Å². The van der Waals surface area contributed by atoms with E-state index in [9.17, 15) is 0 Å². The molecule has 0 spiro atoms. The van der Waals surface area contributed by atoms with Crippen molar-refractivity contribution < 1.29 is 24.5 Å². The molecule has 0 bridgehead atoms. The topological polar surface area (TPSA) is 43.9 Å². The summed E-state index contributed by atoms with van der Waals surface area (Å²) in [5.74, 6) is 0.798. The van der Waals surface area contributed by atoms with E-state index in [-0.39, 0.29) is 20.1 Å². The fraction of sp³-hybridized carbons (Fsp3) is 0.0588. The normalized spacial score (nSPS) is 11.3. The zero-order valence-corrected chi connectivity index (χ0v) is 35.3. The summed E-state index contributed by atoms with van der Waals surface area (Å²) in [5, 5.41) is 3.54. The van der Waals surface area contributed by atoms with E-state index in [0.717, 1.165) is 83.6 Å². The van der Waals surface area contributed by atoms with Crippen LogP contribution < -0.4 is 5.19 Å². The average Bonchev–Trinajstić information content (AvgIpc) is 3.83. The first-order valence-corrected chi connectivity index (χ1v) is 22.4. The zero-order valence-electron chi connectivity index (χ0n) is 31.9. The summed E-state index contributed by atoms with van der Waals surface area (Å²) in [6.07, 6.45) is 2.02. The minimum Gasteiger partial charge on any atom is -0.501 e. The molecule has 3 aromatic heterocycles. The fourth-order valence-corrected chi connectivity index (χ4v) is 8.35. The predicted octanol–water partition coefficient (Wildman–Crippen LogP) is 12.8. The molecule has 0 N–H and O–H groups in total. The number of rotatable bonds is 6. The second-order valence-corrected chi connectivity index (χ2v) is 19.9. The molecule has 0 aliphatic heterocycles. The van der Waals surface area contributed by atoms with Crippen molar-refractivity contribution in [1.29, 1.82) is 0 Å². The summed E-state index contributed by atoms with van der Waals surface area (Å²) in [5.41, 5.74) is 12.1. The van der Waals surface area contributed by atoms with Gasteiger partial charge in [0.2, 0.25) is 0 Å². The second-order valence-electron chi connectivity index (χ2n) is 14.8. The van der Waals surface area contributed by atoms with Crippen LogP contribution in [0.3, 0.4) is 0 Å². The Labute approximate surface area is 347 Å². The van der Waals surface area contributed by atoms with Crippen LogP contribution in [0, 0.1) is 12.1 Å². The van der Waals surface area contributed by atoms with Crippen molar-refractivity contribution in [3.8, 4) is 50.6 Å². The van der Waals surface area contributed by atoms with Crippen molar-refractivity contribution >= 4 is 46.2 Å². The van der Waals surface area contributed by atoms with Crippen LogP contribution in [0.25, 0.3) is 83.6 Å². The minimum absolute atomic E-state index is 0. The van der Waals surface area contributed by atoms with Gasteiger partial charge in [0.25, 0.3) is 0 Å². The summed E-state index contributed by atoms with van der Waals surface area (Å²) in [4.78, 5) is 9.74. The predicted molar refractivity (Wildman–Crippen MR) is 235 cm³/mol. The number of para-hydroxylation sites is 4. The Morgan fingerprint density at radius 1 is 0.579 bits per heavy atom. The number of nitrogens with zero attached hydrogens (tertiary/aromatic N) is 3. The molecule has 0 saturated carbocycles. The Bertz CT molecular complexity index is 2880. The third-order valence-electron chi connectivity index (χ3n) is 10.2. The zero-order chi connectivity index (χ0) is 38.1. The number of pyridine rings is 1. The molecular formula is C51H39IrN3OSi-2. The van der Waals surface area contributed by atoms with E-state index in [1.54, 1.807) is 0 Å². The van der Waals surface area contributed by atoms with Crippen LogP contribution in [-0.2, 0) is 20.1 Å². The molecule has 4 nitrogen and oxygen atoms in total. The number of aromatic nitrogens is 3. The summed E-state index contributed by atoms with van der Waals surface area (Å²) < 4.78 is 8.76. The van der Waals surface area contributed by atoms with E-state index in [1.165, 1.54) is 5.19 Å². The Morgan fingerprint density at radius 3 is 1.91 bits per heavy atom. The molecular weight excluding hydrogens is 891 g/mol. The minimum atomic E-state index is -1.23. The Balaban J connectivity index is 0.000000226. The number of imidazole rings is 1. The molecule has 0 fully saturated rings. The largest absolute Gasteiger partial charge is 0.501 e. The molecule has 0 amide bonds. The summed E-state index contributed by atoms with van der Waals surface area (Å²) >= 11 is 0. The molecule has 0 aliphatic carbocycles.